The average Bonchev–Trinajstić information content (AvgIpc) is 2.60. The summed E-state index contributed by atoms with van der Waals surface area (Å²) in [5.74, 6) is 0.687. The molecule has 5 nitrogen and oxygen atoms in total. The Morgan fingerprint density at radius 3 is 2.33 bits per heavy atom. The second kappa shape index (κ2) is 8.15. The fourth-order valence-electron chi connectivity index (χ4n) is 2.17. The zero-order chi connectivity index (χ0) is 17.5. The summed E-state index contributed by atoms with van der Waals surface area (Å²) in [6, 6.07) is 12.1. The predicted octanol–water partition coefficient (Wildman–Crippen LogP) is 3.65. The van der Waals surface area contributed by atoms with Crippen molar-refractivity contribution in [3.05, 3.63) is 59.2 Å². The second-order valence-electron chi connectivity index (χ2n) is 5.12. The molecule has 0 N–H and O–H groups in total. The number of carbonyl (C=O) groups is 2. The maximum absolute atomic E-state index is 11.6. The van der Waals surface area contributed by atoms with Crippen molar-refractivity contribution in [1.29, 1.82) is 0 Å². The molecule has 2 aromatic carbocycles. The normalized spacial score (nSPS) is 10.1. The van der Waals surface area contributed by atoms with Crippen LogP contribution in [0.3, 0.4) is 0 Å². The molecule has 0 atom stereocenters. The van der Waals surface area contributed by atoms with Gasteiger partial charge in [0.15, 0.2) is 5.78 Å². The lowest BCUT2D eigenvalue weighted by molar-refractivity contribution is 0.0526. The Balaban J connectivity index is 2.03. The van der Waals surface area contributed by atoms with Crippen molar-refractivity contribution in [3.8, 4) is 11.5 Å². The number of Topliss-reactive ketones (excluding diaryl/α,β-unsaturated/α-hetero) is 1. The van der Waals surface area contributed by atoms with Crippen LogP contribution in [-0.2, 0) is 11.3 Å². The summed E-state index contributed by atoms with van der Waals surface area (Å²) in [5.41, 5.74) is 1.94. The Hall–Kier alpha value is -2.82. The highest BCUT2D eigenvalue weighted by Crippen LogP contribution is 2.25. The monoisotopic (exact) mass is 328 g/mol. The van der Waals surface area contributed by atoms with E-state index >= 15 is 0 Å². The lowest BCUT2D eigenvalue weighted by atomic mass is 10.1. The van der Waals surface area contributed by atoms with Gasteiger partial charge in [-0.15, -0.1) is 0 Å². The zero-order valence-electron chi connectivity index (χ0n) is 14.0. The summed E-state index contributed by atoms with van der Waals surface area (Å²) in [5, 5.41) is 0. The first-order valence-electron chi connectivity index (χ1n) is 7.63. The molecule has 0 aliphatic carbocycles. The summed E-state index contributed by atoms with van der Waals surface area (Å²) >= 11 is 0. The molecular formula is C19H20O5. The van der Waals surface area contributed by atoms with Gasteiger partial charge in [-0.05, 0) is 43.7 Å². The maximum Gasteiger partial charge on any atom is 0.338 e. The number of hydrogen-bond donors (Lipinski definition) is 0. The number of rotatable bonds is 7. The van der Waals surface area contributed by atoms with Crippen molar-refractivity contribution >= 4 is 11.8 Å². The highest BCUT2D eigenvalue weighted by Gasteiger charge is 2.10. The van der Waals surface area contributed by atoms with E-state index in [0.29, 0.717) is 35.8 Å². The zero-order valence-corrected chi connectivity index (χ0v) is 14.0. The summed E-state index contributed by atoms with van der Waals surface area (Å²) < 4.78 is 15.9. The Morgan fingerprint density at radius 2 is 1.75 bits per heavy atom. The van der Waals surface area contributed by atoms with Gasteiger partial charge < -0.3 is 14.2 Å². The van der Waals surface area contributed by atoms with Crippen LogP contribution in [0.15, 0.2) is 42.5 Å². The van der Waals surface area contributed by atoms with Gasteiger partial charge in [0.05, 0.1) is 24.8 Å². The van der Waals surface area contributed by atoms with Crippen molar-refractivity contribution in [1.82, 2.24) is 0 Å². The van der Waals surface area contributed by atoms with Gasteiger partial charge in [-0.25, -0.2) is 4.79 Å². The summed E-state index contributed by atoms with van der Waals surface area (Å²) in [4.78, 5) is 23.1. The number of ketones is 1. The van der Waals surface area contributed by atoms with Crippen molar-refractivity contribution in [3.63, 3.8) is 0 Å². The number of methoxy groups -OCH3 is 1. The van der Waals surface area contributed by atoms with Gasteiger partial charge in [0.2, 0.25) is 0 Å². The van der Waals surface area contributed by atoms with Gasteiger partial charge in [-0.1, -0.05) is 12.1 Å². The topological polar surface area (TPSA) is 61.8 Å². The molecule has 24 heavy (non-hydrogen) atoms. The Morgan fingerprint density at radius 1 is 1.04 bits per heavy atom. The third kappa shape index (κ3) is 4.35. The first kappa shape index (κ1) is 17.5. The number of benzene rings is 2. The van der Waals surface area contributed by atoms with Crippen molar-refractivity contribution in [2.24, 2.45) is 0 Å². The molecule has 0 bridgehead atoms. The quantitative estimate of drug-likeness (QED) is 0.573. The van der Waals surface area contributed by atoms with Crippen LogP contribution in [0, 0.1) is 0 Å². The van der Waals surface area contributed by atoms with Crippen LogP contribution in [0.25, 0.3) is 0 Å². The van der Waals surface area contributed by atoms with Gasteiger partial charge >= 0.3 is 5.97 Å². The summed E-state index contributed by atoms with van der Waals surface area (Å²) in [7, 11) is 1.51. The van der Waals surface area contributed by atoms with E-state index in [-0.39, 0.29) is 11.8 Å². The molecule has 5 heteroatoms. The standard InChI is InChI=1S/C19H20O5/c1-4-23-19(21)15-7-5-14(6-8-15)12-24-16-9-10-17(13(2)20)18(11-16)22-3/h5-11H,4,12H2,1-3H3. The first-order valence-corrected chi connectivity index (χ1v) is 7.63. The van der Waals surface area contributed by atoms with Crippen LogP contribution in [0.1, 0.15) is 40.1 Å². The van der Waals surface area contributed by atoms with Crippen LogP contribution in [0.2, 0.25) is 0 Å². The largest absolute Gasteiger partial charge is 0.496 e. The van der Waals surface area contributed by atoms with Crippen LogP contribution in [0.5, 0.6) is 11.5 Å². The fraction of sp³-hybridized carbons (Fsp3) is 0.263. The molecule has 2 aromatic rings. The summed E-state index contributed by atoms with van der Waals surface area (Å²) in [6.07, 6.45) is 0. The summed E-state index contributed by atoms with van der Waals surface area (Å²) in [6.45, 7) is 3.95. The number of carbonyl (C=O) groups excluding carboxylic acids is 2. The van der Waals surface area contributed by atoms with Crippen molar-refractivity contribution < 1.29 is 23.8 Å². The van der Waals surface area contributed by atoms with Gasteiger partial charge in [-0.2, -0.15) is 0 Å². The molecule has 0 saturated carbocycles. The van der Waals surface area contributed by atoms with E-state index in [1.54, 1.807) is 37.3 Å². The van der Waals surface area contributed by atoms with Gasteiger partial charge in [-0.3, -0.25) is 4.79 Å². The van der Waals surface area contributed by atoms with E-state index in [2.05, 4.69) is 0 Å². The predicted molar refractivity (Wildman–Crippen MR) is 89.7 cm³/mol. The Labute approximate surface area is 141 Å². The smallest absolute Gasteiger partial charge is 0.338 e. The lowest BCUT2D eigenvalue weighted by Crippen LogP contribution is -2.05. The minimum atomic E-state index is -0.338. The SMILES string of the molecule is CCOC(=O)c1ccc(COc2ccc(C(C)=O)c(OC)c2)cc1. The molecule has 0 heterocycles. The molecule has 0 aliphatic rings. The molecule has 2 rings (SSSR count). The highest BCUT2D eigenvalue weighted by atomic mass is 16.5. The van der Waals surface area contributed by atoms with E-state index in [9.17, 15) is 9.59 Å². The van der Waals surface area contributed by atoms with Crippen molar-refractivity contribution in [2.75, 3.05) is 13.7 Å². The third-order valence-electron chi connectivity index (χ3n) is 3.42. The molecular weight excluding hydrogens is 308 g/mol. The first-order chi connectivity index (χ1) is 11.5. The lowest BCUT2D eigenvalue weighted by Gasteiger charge is -2.10. The minimum Gasteiger partial charge on any atom is -0.496 e. The maximum atomic E-state index is 11.6. The number of esters is 1. The highest BCUT2D eigenvalue weighted by molar-refractivity contribution is 5.97. The van der Waals surface area contributed by atoms with Crippen LogP contribution in [-0.4, -0.2) is 25.5 Å². The van der Waals surface area contributed by atoms with E-state index in [1.165, 1.54) is 14.0 Å². The van der Waals surface area contributed by atoms with Crippen LogP contribution in [0.4, 0.5) is 0 Å². The molecule has 0 amide bonds. The number of ether oxygens (including phenoxy) is 3. The van der Waals surface area contributed by atoms with E-state index in [1.807, 2.05) is 12.1 Å². The Kier molecular flexibility index (Phi) is 5.95. The molecule has 0 spiro atoms. The molecule has 0 aliphatic heterocycles. The van der Waals surface area contributed by atoms with Crippen molar-refractivity contribution in [2.45, 2.75) is 20.5 Å². The van der Waals surface area contributed by atoms with Crippen LogP contribution >= 0.6 is 0 Å². The van der Waals surface area contributed by atoms with E-state index in [4.69, 9.17) is 14.2 Å². The Bertz CT molecular complexity index is 719. The molecule has 0 unspecified atom stereocenters. The molecule has 0 radical (unpaired) electrons. The van der Waals surface area contributed by atoms with E-state index < -0.39 is 0 Å². The molecule has 0 saturated heterocycles. The average molecular weight is 328 g/mol. The third-order valence-corrected chi connectivity index (χ3v) is 3.42. The van der Waals surface area contributed by atoms with Gasteiger partial charge in [0.25, 0.3) is 0 Å². The van der Waals surface area contributed by atoms with Gasteiger partial charge in [0, 0.05) is 6.07 Å². The van der Waals surface area contributed by atoms with Gasteiger partial charge in [0.1, 0.15) is 18.1 Å². The second-order valence-corrected chi connectivity index (χ2v) is 5.12. The fourth-order valence-corrected chi connectivity index (χ4v) is 2.17. The number of hydrogen-bond acceptors (Lipinski definition) is 5. The molecule has 126 valence electrons. The molecule has 0 aromatic heterocycles. The minimum absolute atomic E-state index is 0.0621. The van der Waals surface area contributed by atoms with E-state index in [0.717, 1.165) is 5.56 Å². The van der Waals surface area contributed by atoms with Crippen LogP contribution < -0.4 is 9.47 Å². The molecule has 0 fully saturated rings.